The Kier molecular flexibility index (Phi) is 3.75. The first-order valence-electron chi connectivity index (χ1n) is 7.25. The topological polar surface area (TPSA) is 21.3 Å². The van der Waals surface area contributed by atoms with Gasteiger partial charge in [-0.15, -0.1) is 0 Å². The standard InChI is InChI=1S/C18H21NO/c1-13(11-19-2)18-15-8-4-3-7-14(15)12-20-17-10-6-5-9-16(17)18/h3-10,13,18-19H,11-12H2,1-2H3. The van der Waals surface area contributed by atoms with Crippen LogP contribution in [0.3, 0.4) is 0 Å². The molecule has 2 aromatic carbocycles. The van der Waals surface area contributed by atoms with Gasteiger partial charge in [-0.25, -0.2) is 0 Å². The zero-order chi connectivity index (χ0) is 13.9. The van der Waals surface area contributed by atoms with Crippen LogP contribution in [0.5, 0.6) is 5.75 Å². The number of hydrogen-bond donors (Lipinski definition) is 1. The molecule has 2 heteroatoms. The highest BCUT2D eigenvalue weighted by molar-refractivity contribution is 5.47. The molecule has 0 bridgehead atoms. The first-order valence-corrected chi connectivity index (χ1v) is 7.25. The summed E-state index contributed by atoms with van der Waals surface area (Å²) in [6.07, 6.45) is 0. The van der Waals surface area contributed by atoms with Crippen molar-refractivity contribution in [1.82, 2.24) is 5.32 Å². The summed E-state index contributed by atoms with van der Waals surface area (Å²) in [6.45, 7) is 3.96. The summed E-state index contributed by atoms with van der Waals surface area (Å²) in [5.74, 6) is 1.93. The summed E-state index contributed by atoms with van der Waals surface area (Å²) in [5.41, 5.74) is 4.01. The minimum atomic E-state index is 0.386. The highest BCUT2D eigenvalue weighted by atomic mass is 16.5. The summed E-state index contributed by atoms with van der Waals surface area (Å²) in [6, 6.07) is 17.1. The summed E-state index contributed by atoms with van der Waals surface area (Å²) in [5, 5.41) is 3.31. The van der Waals surface area contributed by atoms with Gasteiger partial charge in [0.15, 0.2) is 0 Å². The molecule has 1 N–H and O–H groups in total. The van der Waals surface area contributed by atoms with Crippen LogP contribution >= 0.6 is 0 Å². The fourth-order valence-electron chi connectivity index (χ4n) is 3.21. The monoisotopic (exact) mass is 267 g/mol. The second-order valence-corrected chi connectivity index (χ2v) is 5.54. The third-order valence-electron chi connectivity index (χ3n) is 4.12. The van der Waals surface area contributed by atoms with Crippen molar-refractivity contribution in [2.24, 2.45) is 5.92 Å². The maximum Gasteiger partial charge on any atom is 0.123 e. The zero-order valence-corrected chi connectivity index (χ0v) is 12.1. The molecule has 1 aliphatic rings. The second-order valence-electron chi connectivity index (χ2n) is 5.54. The smallest absolute Gasteiger partial charge is 0.123 e. The molecule has 0 saturated carbocycles. The quantitative estimate of drug-likeness (QED) is 0.918. The SMILES string of the molecule is CNCC(C)C1c2ccccc2COc2ccccc21. The summed E-state index contributed by atoms with van der Waals surface area (Å²) >= 11 is 0. The third kappa shape index (κ3) is 2.32. The minimum Gasteiger partial charge on any atom is -0.489 e. The molecule has 0 aromatic heterocycles. The van der Waals surface area contributed by atoms with Crippen molar-refractivity contribution in [1.29, 1.82) is 0 Å². The van der Waals surface area contributed by atoms with Gasteiger partial charge in [-0.3, -0.25) is 0 Å². The Hall–Kier alpha value is -1.80. The number of ether oxygens (including phenoxy) is 1. The van der Waals surface area contributed by atoms with Gasteiger partial charge < -0.3 is 10.1 Å². The van der Waals surface area contributed by atoms with Gasteiger partial charge >= 0.3 is 0 Å². The Morgan fingerprint density at radius 1 is 1.10 bits per heavy atom. The van der Waals surface area contributed by atoms with E-state index in [1.54, 1.807) is 0 Å². The average molecular weight is 267 g/mol. The molecule has 2 nitrogen and oxygen atoms in total. The largest absolute Gasteiger partial charge is 0.489 e. The highest BCUT2D eigenvalue weighted by Gasteiger charge is 2.28. The van der Waals surface area contributed by atoms with Crippen molar-refractivity contribution in [3.05, 3.63) is 65.2 Å². The molecule has 0 amide bonds. The summed E-state index contributed by atoms with van der Waals surface area (Å²) < 4.78 is 6.01. The lowest BCUT2D eigenvalue weighted by Gasteiger charge is -2.25. The minimum absolute atomic E-state index is 0.386. The average Bonchev–Trinajstić information content (AvgIpc) is 2.64. The van der Waals surface area contributed by atoms with Crippen molar-refractivity contribution in [3.63, 3.8) is 0 Å². The molecular weight excluding hydrogens is 246 g/mol. The van der Waals surface area contributed by atoms with Crippen molar-refractivity contribution < 1.29 is 4.74 Å². The Bertz CT molecular complexity index is 546. The van der Waals surface area contributed by atoms with E-state index in [2.05, 4.69) is 60.8 Å². The van der Waals surface area contributed by atoms with Crippen LogP contribution in [-0.4, -0.2) is 13.6 Å². The number of nitrogens with one attached hydrogen (secondary N) is 1. The van der Waals surface area contributed by atoms with Crippen LogP contribution in [0, 0.1) is 5.92 Å². The molecule has 2 atom stereocenters. The maximum absolute atomic E-state index is 6.01. The molecule has 2 unspecified atom stereocenters. The van der Waals surface area contributed by atoms with Gasteiger partial charge in [0.1, 0.15) is 12.4 Å². The van der Waals surface area contributed by atoms with E-state index >= 15 is 0 Å². The van der Waals surface area contributed by atoms with Crippen LogP contribution < -0.4 is 10.1 Å². The van der Waals surface area contributed by atoms with E-state index in [0.717, 1.165) is 12.3 Å². The van der Waals surface area contributed by atoms with Crippen LogP contribution in [0.15, 0.2) is 48.5 Å². The lowest BCUT2D eigenvalue weighted by atomic mass is 9.80. The number of benzene rings is 2. The Morgan fingerprint density at radius 2 is 1.80 bits per heavy atom. The van der Waals surface area contributed by atoms with E-state index < -0.39 is 0 Å². The Morgan fingerprint density at radius 3 is 2.60 bits per heavy atom. The number of para-hydroxylation sites is 1. The second kappa shape index (κ2) is 5.68. The van der Waals surface area contributed by atoms with E-state index in [1.807, 2.05) is 7.05 Å². The molecule has 0 fully saturated rings. The van der Waals surface area contributed by atoms with Gasteiger partial charge in [0.25, 0.3) is 0 Å². The van der Waals surface area contributed by atoms with E-state index in [4.69, 9.17) is 4.74 Å². The molecule has 0 saturated heterocycles. The lowest BCUT2D eigenvalue weighted by molar-refractivity contribution is 0.306. The fraction of sp³-hybridized carbons (Fsp3) is 0.333. The van der Waals surface area contributed by atoms with Crippen molar-refractivity contribution in [2.75, 3.05) is 13.6 Å². The van der Waals surface area contributed by atoms with Crippen LogP contribution in [0.2, 0.25) is 0 Å². The molecule has 104 valence electrons. The van der Waals surface area contributed by atoms with Gasteiger partial charge in [0.2, 0.25) is 0 Å². The van der Waals surface area contributed by atoms with Crippen LogP contribution in [0.4, 0.5) is 0 Å². The van der Waals surface area contributed by atoms with Gasteiger partial charge in [-0.2, -0.15) is 0 Å². The van der Waals surface area contributed by atoms with E-state index in [9.17, 15) is 0 Å². The molecule has 20 heavy (non-hydrogen) atoms. The number of fused-ring (bicyclic) bond motifs is 2. The van der Waals surface area contributed by atoms with Gasteiger partial charge in [-0.1, -0.05) is 49.4 Å². The molecule has 0 radical (unpaired) electrons. The Labute approximate surface area is 120 Å². The van der Waals surface area contributed by atoms with E-state index in [1.165, 1.54) is 16.7 Å². The molecular formula is C18H21NO. The molecule has 1 aliphatic heterocycles. The summed E-state index contributed by atoms with van der Waals surface area (Å²) in [4.78, 5) is 0. The molecule has 3 rings (SSSR count). The molecule has 2 aromatic rings. The number of hydrogen-bond acceptors (Lipinski definition) is 2. The zero-order valence-electron chi connectivity index (χ0n) is 12.1. The normalized spacial score (nSPS) is 18.4. The fourth-order valence-corrected chi connectivity index (χ4v) is 3.21. The highest BCUT2D eigenvalue weighted by Crippen LogP contribution is 2.41. The lowest BCUT2D eigenvalue weighted by Crippen LogP contribution is -2.23. The van der Waals surface area contributed by atoms with E-state index in [0.29, 0.717) is 18.4 Å². The van der Waals surface area contributed by atoms with Crippen LogP contribution in [-0.2, 0) is 6.61 Å². The van der Waals surface area contributed by atoms with Crippen LogP contribution in [0.1, 0.15) is 29.5 Å². The number of rotatable bonds is 3. The van der Waals surface area contributed by atoms with Gasteiger partial charge in [-0.05, 0) is 36.7 Å². The van der Waals surface area contributed by atoms with Crippen molar-refractivity contribution in [2.45, 2.75) is 19.4 Å². The van der Waals surface area contributed by atoms with Gasteiger partial charge in [0.05, 0.1) is 0 Å². The molecule has 0 aliphatic carbocycles. The molecule has 1 heterocycles. The maximum atomic E-state index is 6.01. The van der Waals surface area contributed by atoms with Crippen LogP contribution in [0.25, 0.3) is 0 Å². The first-order chi connectivity index (χ1) is 9.81. The van der Waals surface area contributed by atoms with Crippen molar-refractivity contribution in [3.8, 4) is 5.75 Å². The third-order valence-corrected chi connectivity index (χ3v) is 4.12. The predicted molar refractivity (Wildman–Crippen MR) is 82.1 cm³/mol. The first kappa shape index (κ1) is 13.2. The van der Waals surface area contributed by atoms with Gasteiger partial charge in [0, 0.05) is 11.5 Å². The molecule has 0 spiro atoms. The van der Waals surface area contributed by atoms with Crippen molar-refractivity contribution >= 4 is 0 Å². The van der Waals surface area contributed by atoms with E-state index in [-0.39, 0.29) is 0 Å². The summed E-state index contributed by atoms with van der Waals surface area (Å²) in [7, 11) is 2.02. The predicted octanol–water partition coefficient (Wildman–Crippen LogP) is 3.57. The Balaban J connectivity index is 2.13.